The Balaban J connectivity index is 4.44. The molecule has 0 bridgehead atoms. The molecule has 0 aromatic heterocycles. The van der Waals surface area contributed by atoms with Gasteiger partial charge < -0.3 is 16.0 Å². The number of hydrogen-bond acceptors (Lipinski definition) is 3. The summed E-state index contributed by atoms with van der Waals surface area (Å²) in [6, 6.07) is -0.564. The zero-order valence-electron chi connectivity index (χ0n) is 10.1. The average molecular weight is 245 g/mol. The number of nitrogens with zero attached hydrogens (tertiary/aromatic N) is 1. The number of carbonyl (C=O) groups is 2. The zero-order chi connectivity index (χ0) is 12.9. The monoisotopic (exact) mass is 245 g/mol. The van der Waals surface area contributed by atoms with Crippen LogP contribution in [0.1, 0.15) is 20.3 Å². The highest BCUT2D eigenvalue weighted by Crippen LogP contribution is 2.04. The lowest BCUT2D eigenvalue weighted by molar-refractivity contribution is -0.134. The summed E-state index contributed by atoms with van der Waals surface area (Å²) in [4.78, 5) is 24.8. The fourth-order valence-corrected chi connectivity index (χ4v) is 1.55. The molecule has 2 unspecified atom stereocenters. The summed E-state index contributed by atoms with van der Waals surface area (Å²) in [5.74, 6) is -0.962. The maximum atomic E-state index is 11.7. The van der Waals surface area contributed by atoms with Crippen LogP contribution in [0.4, 0.5) is 0 Å². The summed E-state index contributed by atoms with van der Waals surface area (Å²) >= 11 is 4.78. The van der Waals surface area contributed by atoms with Gasteiger partial charge in [0.2, 0.25) is 11.8 Å². The smallest absolute Gasteiger partial charge is 0.244 e. The van der Waals surface area contributed by atoms with Gasteiger partial charge in [-0.05, 0) is 13.3 Å². The molecule has 92 valence electrons. The third-order valence-electron chi connectivity index (χ3n) is 2.24. The van der Waals surface area contributed by atoms with Gasteiger partial charge in [-0.25, -0.2) is 0 Å². The average Bonchev–Trinajstić information content (AvgIpc) is 2.16. The van der Waals surface area contributed by atoms with Gasteiger partial charge in [-0.15, -0.1) is 0 Å². The summed E-state index contributed by atoms with van der Waals surface area (Å²) in [6.07, 6.45) is 0.532. The quantitative estimate of drug-likeness (QED) is 0.663. The van der Waals surface area contributed by atoms with E-state index in [1.807, 2.05) is 6.92 Å². The number of amides is 2. The van der Waals surface area contributed by atoms with Crippen LogP contribution in [0.5, 0.6) is 0 Å². The van der Waals surface area contributed by atoms with Gasteiger partial charge in [0.15, 0.2) is 0 Å². The maximum absolute atomic E-state index is 11.7. The molecular formula is C10H19N3O2S. The first-order valence-corrected chi connectivity index (χ1v) is 5.52. The second kappa shape index (κ2) is 6.42. The minimum Gasteiger partial charge on any atom is -0.393 e. The van der Waals surface area contributed by atoms with Gasteiger partial charge in [0.25, 0.3) is 0 Å². The van der Waals surface area contributed by atoms with Gasteiger partial charge in [0.05, 0.1) is 10.9 Å². The molecule has 0 fully saturated rings. The van der Waals surface area contributed by atoms with Crippen molar-refractivity contribution in [2.75, 3.05) is 14.1 Å². The summed E-state index contributed by atoms with van der Waals surface area (Å²) in [5, 5.41) is 2.60. The van der Waals surface area contributed by atoms with E-state index in [0.717, 1.165) is 0 Å². The van der Waals surface area contributed by atoms with Gasteiger partial charge in [-0.3, -0.25) is 9.59 Å². The SMILES string of the molecule is CCC(C(=O)NC(C)C(=O)N(C)C)C(N)=S. The van der Waals surface area contributed by atoms with E-state index in [0.29, 0.717) is 6.42 Å². The van der Waals surface area contributed by atoms with Crippen molar-refractivity contribution in [1.29, 1.82) is 0 Å². The normalized spacial score (nSPS) is 13.8. The summed E-state index contributed by atoms with van der Waals surface area (Å²) in [5.41, 5.74) is 5.44. The Morgan fingerprint density at radius 2 is 1.94 bits per heavy atom. The first-order chi connectivity index (χ1) is 7.31. The van der Waals surface area contributed by atoms with E-state index < -0.39 is 12.0 Å². The van der Waals surface area contributed by atoms with Crippen molar-refractivity contribution in [2.45, 2.75) is 26.3 Å². The first-order valence-electron chi connectivity index (χ1n) is 5.12. The minimum absolute atomic E-state index is 0.157. The van der Waals surface area contributed by atoms with Crippen molar-refractivity contribution >= 4 is 29.0 Å². The number of nitrogens with one attached hydrogen (secondary N) is 1. The van der Waals surface area contributed by atoms with Gasteiger partial charge in [-0.1, -0.05) is 19.1 Å². The first kappa shape index (κ1) is 14.8. The summed E-state index contributed by atoms with van der Waals surface area (Å²) in [7, 11) is 3.27. The van der Waals surface area contributed by atoms with E-state index in [4.69, 9.17) is 18.0 Å². The van der Waals surface area contributed by atoms with Crippen molar-refractivity contribution in [3.8, 4) is 0 Å². The number of rotatable bonds is 5. The van der Waals surface area contributed by atoms with Crippen LogP contribution in [0.25, 0.3) is 0 Å². The van der Waals surface area contributed by atoms with Crippen molar-refractivity contribution in [2.24, 2.45) is 11.7 Å². The number of hydrogen-bond donors (Lipinski definition) is 2. The van der Waals surface area contributed by atoms with Crippen LogP contribution in [-0.4, -0.2) is 41.8 Å². The number of likely N-dealkylation sites (N-methyl/N-ethyl adjacent to an activating group) is 1. The molecular weight excluding hydrogens is 226 g/mol. The van der Waals surface area contributed by atoms with E-state index in [1.54, 1.807) is 21.0 Å². The Labute approximate surface area is 101 Å². The molecule has 0 rings (SSSR count). The van der Waals surface area contributed by atoms with Crippen LogP contribution in [0.15, 0.2) is 0 Å². The molecule has 2 atom stereocenters. The van der Waals surface area contributed by atoms with E-state index in [9.17, 15) is 9.59 Å². The third kappa shape index (κ3) is 4.14. The van der Waals surface area contributed by atoms with Crippen LogP contribution in [0.2, 0.25) is 0 Å². The van der Waals surface area contributed by atoms with Crippen LogP contribution in [-0.2, 0) is 9.59 Å². The Bertz CT molecular complexity index is 292. The van der Waals surface area contributed by atoms with Crippen molar-refractivity contribution in [3.05, 3.63) is 0 Å². The Morgan fingerprint density at radius 3 is 2.25 bits per heavy atom. The van der Waals surface area contributed by atoms with Crippen molar-refractivity contribution in [1.82, 2.24) is 10.2 Å². The lowest BCUT2D eigenvalue weighted by Gasteiger charge is -2.20. The van der Waals surface area contributed by atoms with E-state index in [2.05, 4.69) is 5.32 Å². The van der Waals surface area contributed by atoms with Crippen LogP contribution < -0.4 is 11.1 Å². The largest absolute Gasteiger partial charge is 0.393 e. The summed E-state index contributed by atoms with van der Waals surface area (Å²) in [6.45, 7) is 3.45. The minimum atomic E-state index is -0.564. The lowest BCUT2D eigenvalue weighted by Crippen LogP contribution is -2.48. The molecule has 16 heavy (non-hydrogen) atoms. The highest BCUT2D eigenvalue weighted by molar-refractivity contribution is 7.80. The topological polar surface area (TPSA) is 75.4 Å². The second-order valence-electron chi connectivity index (χ2n) is 3.83. The predicted octanol–water partition coefficient (Wildman–Crippen LogP) is -0.108. The molecule has 2 amide bonds. The molecule has 0 aromatic carbocycles. The molecule has 3 N–H and O–H groups in total. The zero-order valence-corrected chi connectivity index (χ0v) is 10.9. The van der Waals surface area contributed by atoms with Crippen LogP contribution in [0.3, 0.4) is 0 Å². The molecule has 0 heterocycles. The van der Waals surface area contributed by atoms with Gasteiger partial charge >= 0.3 is 0 Å². The molecule has 6 heteroatoms. The second-order valence-corrected chi connectivity index (χ2v) is 4.30. The highest BCUT2D eigenvalue weighted by Gasteiger charge is 2.23. The molecule has 0 spiro atoms. The fraction of sp³-hybridized carbons (Fsp3) is 0.700. The van der Waals surface area contributed by atoms with E-state index in [-0.39, 0.29) is 16.8 Å². The van der Waals surface area contributed by atoms with Gasteiger partial charge in [-0.2, -0.15) is 0 Å². The molecule has 0 saturated carbocycles. The van der Waals surface area contributed by atoms with E-state index >= 15 is 0 Å². The van der Waals surface area contributed by atoms with Crippen LogP contribution in [0, 0.1) is 5.92 Å². The van der Waals surface area contributed by atoms with Gasteiger partial charge in [0, 0.05) is 14.1 Å². The standard InChI is InChI=1S/C10H19N3O2S/c1-5-7(8(11)16)9(14)12-6(2)10(15)13(3)4/h6-7H,5H2,1-4H3,(H2,11,16)(H,12,14). The Kier molecular flexibility index (Phi) is 5.95. The molecule has 5 nitrogen and oxygen atoms in total. The third-order valence-corrected chi connectivity index (χ3v) is 2.52. The lowest BCUT2D eigenvalue weighted by atomic mass is 10.1. The Hall–Kier alpha value is -1.17. The number of thiocarbonyl (C=S) groups is 1. The molecule has 0 aromatic rings. The van der Waals surface area contributed by atoms with Crippen molar-refractivity contribution in [3.63, 3.8) is 0 Å². The van der Waals surface area contributed by atoms with Crippen LogP contribution >= 0.6 is 12.2 Å². The predicted molar refractivity (Wildman–Crippen MR) is 66.9 cm³/mol. The molecule has 0 aliphatic rings. The number of carbonyl (C=O) groups excluding carboxylic acids is 2. The van der Waals surface area contributed by atoms with Crippen molar-refractivity contribution < 1.29 is 9.59 Å². The molecule has 0 aliphatic carbocycles. The highest BCUT2D eigenvalue weighted by atomic mass is 32.1. The number of nitrogens with two attached hydrogens (primary N) is 1. The molecule has 0 saturated heterocycles. The Morgan fingerprint density at radius 1 is 1.44 bits per heavy atom. The molecule has 0 aliphatic heterocycles. The maximum Gasteiger partial charge on any atom is 0.244 e. The molecule has 0 radical (unpaired) electrons. The van der Waals surface area contributed by atoms with Gasteiger partial charge in [0.1, 0.15) is 6.04 Å². The summed E-state index contributed by atoms with van der Waals surface area (Å²) < 4.78 is 0. The van der Waals surface area contributed by atoms with E-state index in [1.165, 1.54) is 4.90 Å². The fourth-order valence-electron chi connectivity index (χ4n) is 1.28.